The van der Waals surface area contributed by atoms with E-state index in [1.165, 1.54) is 4.88 Å². The molecule has 3 aromatic heterocycles. The van der Waals surface area contributed by atoms with Crippen molar-refractivity contribution in [1.82, 2.24) is 30.5 Å². The molecule has 1 aliphatic rings. The number of tetrazole rings is 1. The van der Waals surface area contributed by atoms with E-state index in [4.69, 9.17) is 0 Å². The van der Waals surface area contributed by atoms with Crippen molar-refractivity contribution >= 4 is 28.6 Å². The molecule has 1 aliphatic carbocycles. The largest absolute Gasteiger partial charge is 0.352 e. The molecule has 9 heteroatoms. The van der Waals surface area contributed by atoms with Crippen molar-refractivity contribution in [2.45, 2.75) is 45.4 Å². The summed E-state index contributed by atoms with van der Waals surface area (Å²) < 4.78 is 1.59. The molecular formula is C17H20N6OS2. The van der Waals surface area contributed by atoms with Gasteiger partial charge in [-0.2, -0.15) is 4.68 Å². The van der Waals surface area contributed by atoms with Gasteiger partial charge in [0, 0.05) is 23.2 Å². The van der Waals surface area contributed by atoms with E-state index in [1.807, 2.05) is 0 Å². The van der Waals surface area contributed by atoms with Gasteiger partial charge in [0.1, 0.15) is 11.3 Å². The topological polar surface area (TPSA) is 85.6 Å². The molecule has 0 saturated heterocycles. The molecule has 0 fully saturated rings. The highest BCUT2D eigenvalue weighted by atomic mass is 32.1. The third-order valence-electron chi connectivity index (χ3n) is 4.47. The number of carbonyl (C=O) groups excluding carboxylic acids is 1. The van der Waals surface area contributed by atoms with Crippen molar-refractivity contribution in [3.8, 4) is 5.00 Å². The van der Waals surface area contributed by atoms with Crippen LogP contribution in [0.2, 0.25) is 0 Å². The van der Waals surface area contributed by atoms with E-state index < -0.39 is 0 Å². The van der Waals surface area contributed by atoms with Gasteiger partial charge in [0.2, 0.25) is 0 Å². The zero-order valence-electron chi connectivity index (χ0n) is 14.7. The Balaban J connectivity index is 1.48. The Morgan fingerprint density at radius 2 is 2.27 bits per heavy atom. The summed E-state index contributed by atoms with van der Waals surface area (Å²) in [7, 11) is 0. The van der Waals surface area contributed by atoms with Crippen molar-refractivity contribution < 1.29 is 4.79 Å². The van der Waals surface area contributed by atoms with Crippen LogP contribution in [0, 0.1) is 0 Å². The van der Waals surface area contributed by atoms with Crippen molar-refractivity contribution in [2.24, 2.45) is 0 Å². The highest BCUT2D eigenvalue weighted by Gasteiger charge is 2.27. The maximum absolute atomic E-state index is 12.9. The van der Waals surface area contributed by atoms with E-state index in [1.54, 1.807) is 33.7 Å². The van der Waals surface area contributed by atoms with E-state index in [0.29, 0.717) is 12.5 Å². The Morgan fingerprint density at radius 1 is 1.38 bits per heavy atom. The normalized spacial score (nSPS) is 13.3. The van der Waals surface area contributed by atoms with Crippen LogP contribution in [0.25, 0.3) is 5.00 Å². The second kappa shape index (κ2) is 7.24. The lowest BCUT2D eigenvalue weighted by molar-refractivity contribution is 0.0953. The summed E-state index contributed by atoms with van der Waals surface area (Å²) in [4.78, 5) is 18.8. The fraction of sp³-hybridized carbons (Fsp3) is 0.471. The Kier molecular flexibility index (Phi) is 4.82. The molecule has 0 bridgehead atoms. The number of nitrogens with zero attached hydrogens (tertiary/aromatic N) is 5. The monoisotopic (exact) mass is 388 g/mol. The molecule has 0 spiro atoms. The Bertz CT molecular complexity index is 912. The Morgan fingerprint density at radius 3 is 3.00 bits per heavy atom. The average molecular weight is 389 g/mol. The summed E-state index contributed by atoms with van der Waals surface area (Å²) in [5.74, 6) is 0.386. The number of amides is 1. The minimum absolute atomic E-state index is 0.0458. The minimum atomic E-state index is -0.0458. The fourth-order valence-electron chi connectivity index (χ4n) is 3.12. The SMILES string of the molecule is CC(C)c1csc(CCNC(=O)c2c(-n3cnnn3)sc3c2CCC3)n1. The summed E-state index contributed by atoms with van der Waals surface area (Å²) in [6.45, 7) is 4.85. The van der Waals surface area contributed by atoms with Crippen molar-refractivity contribution in [3.05, 3.63) is 38.4 Å². The van der Waals surface area contributed by atoms with Crippen LogP contribution in [0.4, 0.5) is 0 Å². The van der Waals surface area contributed by atoms with Gasteiger partial charge < -0.3 is 5.32 Å². The molecular weight excluding hydrogens is 368 g/mol. The molecule has 0 atom stereocenters. The van der Waals surface area contributed by atoms with Crippen LogP contribution in [-0.4, -0.2) is 37.6 Å². The Labute approximate surface area is 159 Å². The number of hydrogen-bond donors (Lipinski definition) is 1. The predicted octanol–water partition coefficient (Wildman–Crippen LogP) is 2.76. The average Bonchev–Trinajstić information content (AvgIpc) is 3.37. The van der Waals surface area contributed by atoms with Gasteiger partial charge in [0.25, 0.3) is 5.91 Å². The number of thiophene rings is 1. The summed E-state index contributed by atoms with van der Waals surface area (Å²) >= 11 is 3.28. The quantitative estimate of drug-likeness (QED) is 0.702. The maximum Gasteiger partial charge on any atom is 0.254 e. The third-order valence-corrected chi connectivity index (χ3v) is 6.68. The Hall–Kier alpha value is -2.13. The van der Waals surface area contributed by atoms with Crippen LogP contribution in [0.3, 0.4) is 0 Å². The fourth-order valence-corrected chi connectivity index (χ4v) is 5.38. The van der Waals surface area contributed by atoms with Gasteiger partial charge in [0.15, 0.2) is 0 Å². The van der Waals surface area contributed by atoms with Gasteiger partial charge in [-0.05, 0) is 41.2 Å². The number of hydrogen-bond acceptors (Lipinski definition) is 7. The molecule has 0 radical (unpaired) electrons. The van der Waals surface area contributed by atoms with Crippen molar-refractivity contribution in [1.29, 1.82) is 0 Å². The van der Waals surface area contributed by atoms with E-state index in [0.717, 1.165) is 52.5 Å². The second-order valence-corrected chi connectivity index (χ2v) is 8.64. The first-order valence-corrected chi connectivity index (χ1v) is 10.4. The molecule has 0 aliphatic heterocycles. The molecule has 0 aromatic carbocycles. The standard InChI is InChI=1S/C17H20N6OS2/c1-10(2)12-8-25-14(20-12)6-7-18-16(24)15-11-4-3-5-13(11)26-17(15)23-9-19-21-22-23/h8-10H,3-7H2,1-2H3,(H,18,24). The number of fused-ring (bicyclic) bond motifs is 1. The molecule has 26 heavy (non-hydrogen) atoms. The minimum Gasteiger partial charge on any atom is -0.352 e. The number of aromatic nitrogens is 5. The third kappa shape index (κ3) is 3.28. The van der Waals surface area contributed by atoms with Gasteiger partial charge in [-0.1, -0.05) is 13.8 Å². The molecule has 136 valence electrons. The van der Waals surface area contributed by atoms with Crippen LogP contribution in [-0.2, 0) is 19.3 Å². The van der Waals surface area contributed by atoms with Crippen molar-refractivity contribution in [3.63, 3.8) is 0 Å². The second-order valence-electron chi connectivity index (χ2n) is 6.62. The van der Waals surface area contributed by atoms with Crippen LogP contribution < -0.4 is 5.32 Å². The number of aryl methyl sites for hydroxylation is 1. The molecule has 0 unspecified atom stereocenters. The smallest absolute Gasteiger partial charge is 0.254 e. The number of nitrogens with one attached hydrogen (secondary N) is 1. The van der Waals surface area contributed by atoms with E-state index in [2.05, 4.69) is 45.1 Å². The van der Waals surface area contributed by atoms with Gasteiger partial charge in [0.05, 0.1) is 16.3 Å². The van der Waals surface area contributed by atoms with Gasteiger partial charge >= 0.3 is 0 Å². The van der Waals surface area contributed by atoms with Gasteiger partial charge in [-0.25, -0.2) is 4.98 Å². The first-order chi connectivity index (χ1) is 12.6. The molecule has 7 nitrogen and oxygen atoms in total. The lowest BCUT2D eigenvalue weighted by atomic mass is 10.1. The summed E-state index contributed by atoms with van der Waals surface area (Å²) in [5.41, 5.74) is 3.01. The van der Waals surface area contributed by atoms with Gasteiger partial charge in [-0.15, -0.1) is 27.8 Å². The summed E-state index contributed by atoms with van der Waals surface area (Å²) in [6.07, 6.45) is 5.37. The zero-order valence-corrected chi connectivity index (χ0v) is 16.4. The van der Waals surface area contributed by atoms with E-state index in [-0.39, 0.29) is 5.91 Å². The highest BCUT2D eigenvalue weighted by molar-refractivity contribution is 7.15. The summed E-state index contributed by atoms with van der Waals surface area (Å²) in [5, 5.41) is 18.4. The van der Waals surface area contributed by atoms with Crippen molar-refractivity contribution in [2.75, 3.05) is 6.54 Å². The predicted molar refractivity (Wildman–Crippen MR) is 101 cm³/mol. The molecule has 1 amide bonds. The van der Waals surface area contributed by atoms with E-state index in [9.17, 15) is 4.79 Å². The maximum atomic E-state index is 12.9. The van der Waals surface area contributed by atoms with Crippen LogP contribution in [0.15, 0.2) is 11.7 Å². The zero-order chi connectivity index (χ0) is 18.1. The lowest BCUT2D eigenvalue weighted by Crippen LogP contribution is -2.27. The first-order valence-electron chi connectivity index (χ1n) is 8.74. The highest BCUT2D eigenvalue weighted by Crippen LogP contribution is 2.37. The molecule has 3 aromatic rings. The molecule has 3 heterocycles. The summed E-state index contributed by atoms with van der Waals surface area (Å²) in [6, 6.07) is 0. The van der Waals surface area contributed by atoms with Gasteiger partial charge in [-0.3, -0.25) is 4.79 Å². The lowest BCUT2D eigenvalue weighted by Gasteiger charge is -2.07. The van der Waals surface area contributed by atoms with Crippen LogP contribution in [0.1, 0.15) is 57.7 Å². The molecule has 0 saturated carbocycles. The van der Waals surface area contributed by atoms with E-state index >= 15 is 0 Å². The first kappa shape index (κ1) is 17.3. The van der Waals surface area contributed by atoms with Crippen LogP contribution in [0.5, 0.6) is 0 Å². The number of rotatable bonds is 6. The number of thiazole rings is 1. The molecule has 4 rings (SSSR count). The molecule has 1 N–H and O–H groups in total. The number of carbonyl (C=O) groups is 1. The van der Waals surface area contributed by atoms with Crippen LogP contribution >= 0.6 is 22.7 Å².